The average molecular weight is 516 g/mol. The number of hydrogen-bond donors (Lipinski definition) is 3. The lowest BCUT2D eigenvalue weighted by atomic mass is 9.67. The summed E-state index contributed by atoms with van der Waals surface area (Å²) in [5.41, 5.74) is 2.15. The smallest absolute Gasteiger partial charge is 0.251 e. The van der Waals surface area contributed by atoms with E-state index in [0.717, 1.165) is 37.5 Å². The lowest BCUT2D eigenvalue weighted by molar-refractivity contribution is 0.0732. The molecule has 3 N–H and O–H groups in total. The van der Waals surface area contributed by atoms with Crippen molar-refractivity contribution in [2.24, 2.45) is 10.4 Å². The quantitative estimate of drug-likeness (QED) is 0.252. The molecule has 29 heavy (non-hydrogen) atoms. The maximum absolute atomic E-state index is 12.2. The maximum atomic E-state index is 12.2. The first-order chi connectivity index (χ1) is 13.5. The summed E-state index contributed by atoms with van der Waals surface area (Å²) in [6.07, 6.45) is 5.82. The van der Waals surface area contributed by atoms with Crippen molar-refractivity contribution in [3.63, 3.8) is 0 Å². The van der Waals surface area contributed by atoms with Gasteiger partial charge < -0.3 is 20.7 Å². The van der Waals surface area contributed by atoms with E-state index in [1.807, 2.05) is 31.2 Å². The predicted octanol–water partition coefficient (Wildman–Crippen LogP) is 3.70. The van der Waals surface area contributed by atoms with Crippen molar-refractivity contribution in [1.82, 2.24) is 16.0 Å². The molecule has 1 amide bonds. The molecule has 7 heteroatoms. The van der Waals surface area contributed by atoms with Crippen LogP contribution in [0.25, 0.3) is 0 Å². The predicted molar refractivity (Wildman–Crippen MR) is 130 cm³/mol. The molecule has 0 aromatic heterocycles. The molecule has 1 unspecified atom stereocenters. The highest BCUT2D eigenvalue weighted by Crippen LogP contribution is 2.43. The van der Waals surface area contributed by atoms with Crippen molar-refractivity contribution in [2.75, 3.05) is 27.3 Å². The van der Waals surface area contributed by atoms with Crippen LogP contribution in [-0.2, 0) is 11.3 Å². The summed E-state index contributed by atoms with van der Waals surface area (Å²) >= 11 is 0. The van der Waals surface area contributed by atoms with Crippen LogP contribution in [0.2, 0.25) is 0 Å². The van der Waals surface area contributed by atoms with E-state index in [1.54, 1.807) is 14.2 Å². The lowest BCUT2D eigenvalue weighted by Gasteiger charge is -2.42. The minimum absolute atomic E-state index is 0. The molecular weight excluding hydrogens is 479 g/mol. The molecular formula is C22H37IN4O2. The second kappa shape index (κ2) is 13.1. The van der Waals surface area contributed by atoms with Gasteiger partial charge in [0.1, 0.15) is 0 Å². The van der Waals surface area contributed by atoms with E-state index in [1.165, 1.54) is 19.3 Å². The van der Waals surface area contributed by atoms with Crippen LogP contribution >= 0.6 is 24.0 Å². The van der Waals surface area contributed by atoms with E-state index >= 15 is 0 Å². The maximum Gasteiger partial charge on any atom is 0.251 e. The fourth-order valence-electron chi connectivity index (χ4n) is 3.37. The fourth-order valence-corrected chi connectivity index (χ4v) is 3.37. The molecule has 1 saturated carbocycles. The van der Waals surface area contributed by atoms with Crippen LogP contribution in [0.5, 0.6) is 0 Å². The van der Waals surface area contributed by atoms with Gasteiger partial charge in [-0.05, 0) is 55.7 Å². The van der Waals surface area contributed by atoms with E-state index in [0.29, 0.717) is 17.5 Å². The Hall–Kier alpha value is -1.35. The highest BCUT2D eigenvalue weighted by molar-refractivity contribution is 14.0. The first kappa shape index (κ1) is 25.7. The summed E-state index contributed by atoms with van der Waals surface area (Å²) < 4.78 is 5.26. The number of amides is 1. The molecule has 6 nitrogen and oxygen atoms in total. The lowest BCUT2D eigenvalue weighted by Crippen LogP contribution is -2.46. The Morgan fingerprint density at radius 1 is 1.24 bits per heavy atom. The fraction of sp³-hybridized carbons (Fsp3) is 0.636. The molecule has 0 aliphatic heterocycles. The van der Waals surface area contributed by atoms with Crippen LogP contribution < -0.4 is 16.0 Å². The van der Waals surface area contributed by atoms with Crippen LogP contribution in [0.4, 0.5) is 0 Å². The van der Waals surface area contributed by atoms with Crippen molar-refractivity contribution in [1.29, 1.82) is 0 Å². The largest absolute Gasteiger partial charge is 0.385 e. The number of methoxy groups -OCH3 is 1. The minimum Gasteiger partial charge on any atom is -0.385 e. The summed E-state index contributed by atoms with van der Waals surface area (Å²) in [6, 6.07) is 7.90. The molecule has 1 aliphatic rings. The Morgan fingerprint density at radius 2 is 1.93 bits per heavy atom. The molecule has 1 aromatic rings. The topological polar surface area (TPSA) is 74.8 Å². The normalized spacial score (nSPS) is 16.2. The zero-order valence-corrected chi connectivity index (χ0v) is 20.5. The Kier molecular flexibility index (Phi) is 11.6. The van der Waals surface area contributed by atoms with Crippen molar-refractivity contribution >= 4 is 35.8 Å². The third-order valence-electron chi connectivity index (χ3n) is 5.77. The molecule has 0 heterocycles. The number of guanidine groups is 1. The van der Waals surface area contributed by atoms with Crippen LogP contribution in [0.3, 0.4) is 0 Å². The van der Waals surface area contributed by atoms with Crippen LogP contribution in [0.15, 0.2) is 29.3 Å². The van der Waals surface area contributed by atoms with Crippen molar-refractivity contribution in [3.05, 3.63) is 35.4 Å². The molecule has 0 spiro atoms. The van der Waals surface area contributed by atoms with Gasteiger partial charge in [0.2, 0.25) is 0 Å². The van der Waals surface area contributed by atoms with Crippen molar-refractivity contribution in [2.45, 2.75) is 58.5 Å². The zero-order chi connectivity index (χ0) is 20.4. The van der Waals surface area contributed by atoms with E-state index in [9.17, 15) is 4.79 Å². The third-order valence-corrected chi connectivity index (χ3v) is 5.77. The number of nitrogens with one attached hydrogen (secondary N) is 3. The molecule has 1 atom stereocenters. The third kappa shape index (κ3) is 8.12. The van der Waals surface area contributed by atoms with Gasteiger partial charge in [-0.15, -0.1) is 24.0 Å². The van der Waals surface area contributed by atoms with Gasteiger partial charge in [-0.3, -0.25) is 9.79 Å². The first-order valence-corrected chi connectivity index (χ1v) is 10.3. The Morgan fingerprint density at radius 3 is 2.45 bits per heavy atom. The van der Waals surface area contributed by atoms with E-state index in [-0.39, 0.29) is 35.9 Å². The minimum atomic E-state index is -0.0202. The molecule has 1 fully saturated rings. The molecule has 2 rings (SSSR count). The number of ether oxygens (including phenoxy) is 1. The Labute approximate surface area is 192 Å². The van der Waals surface area contributed by atoms with Gasteiger partial charge in [0, 0.05) is 45.5 Å². The Balaban J connectivity index is 0.00000420. The van der Waals surface area contributed by atoms with Gasteiger partial charge in [-0.25, -0.2) is 0 Å². The summed E-state index contributed by atoms with van der Waals surface area (Å²) in [6.45, 7) is 6.47. The highest BCUT2D eigenvalue weighted by atomic mass is 127. The first-order valence-electron chi connectivity index (χ1n) is 10.3. The summed E-state index contributed by atoms with van der Waals surface area (Å²) in [5.74, 6) is 0.787. The number of benzene rings is 1. The number of rotatable bonds is 10. The van der Waals surface area contributed by atoms with Gasteiger partial charge in [0.15, 0.2) is 5.96 Å². The van der Waals surface area contributed by atoms with Crippen molar-refractivity contribution in [3.8, 4) is 0 Å². The second-order valence-electron chi connectivity index (χ2n) is 7.86. The van der Waals surface area contributed by atoms with E-state index in [2.05, 4.69) is 27.9 Å². The molecule has 0 bridgehead atoms. The van der Waals surface area contributed by atoms with Crippen LogP contribution in [0.1, 0.15) is 61.9 Å². The summed E-state index contributed by atoms with van der Waals surface area (Å²) in [4.78, 5) is 16.5. The molecule has 1 aliphatic carbocycles. The van der Waals surface area contributed by atoms with E-state index < -0.39 is 0 Å². The number of carbonyl (C=O) groups is 1. The van der Waals surface area contributed by atoms with Crippen LogP contribution in [-0.4, -0.2) is 45.2 Å². The number of halogens is 1. The number of aliphatic imine (C=N–C) groups is 1. The number of carbonyl (C=O) groups excluding carboxylic acids is 1. The van der Waals surface area contributed by atoms with Gasteiger partial charge >= 0.3 is 0 Å². The summed E-state index contributed by atoms with van der Waals surface area (Å²) in [5, 5.41) is 9.82. The standard InChI is InChI=1S/C22H36N4O2.HI/c1-5-17(2)26-20(27)19-9-7-18(8-10-19)15-24-21(23-3)25-16-22(11-6-12-22)13-14-28-4;/h7-10,17H,5-6,11-16H2,1-4H3,(H,26,27)(H2,23,24,25);1H. The van der Waals surface area contributed by atoms with Crippen LogP contribution in [0, 0.1) is 5.41 Å². The zero-order valence-electron chi connectivity index (χ0n) is 18.2. The summed E-state index contributed by atoms with van der Waals surface area (Å²) in [7, 11) is 3.56. The Bertz CT molecular complexity index is 645. The number of nitrogens with zero attached hydrogens (tertiary/aromatic N) is 1. The van der Waals surface area contributed by atoms with Gasteiger partial charge in [0.25, 0.3) is 5.91 Å². The van der Waals surface area contributed by atoms with Gasteiger partial charge in [0.05, 0.1) is 0 Å². The van der Waals surface area contributed by atoms with Crippen molar-refractivity contribution < 1.29 is 9.53 Å². The number of hydrogen-bond acceptors (Lipinski definition) is 3. The monoisotopic (exact) mass is 516 g/mol. The molecule has 0 saturated heterocycles. The van der Waals surface area contributed by atoms with Gasteiger partial charge in [-0.2, -0.15) is 0 Å². The molecule has 1 aromatic carbocycles. The molecule has 0 radical (unpaired) electrons. The van der Waals surface area contributed by atoms with E-state index in [4.69, 9.17) is 4.74 Å². The van der Waals surface area contributed by atoms with Gasteiger partial charge in [-0.1, -0.05) is 25.5 Å². The highest BCUT2D eigenvalue weighted by Gasteiger charge is 2.36. The molecule has 164 valence electrons. The SMILES string of the molecule is CCC(C)NC(=O)c1ccc(CNC(=NC)NCC2(CCOC)CCC2)cc1.I. The second-order valence-corrected chi connectivity index (χ2v) is 7.86. The average Bonchev–Trinajstić information content (AvgIpc) is 2.69.